The highest BCUT2D eigenvalue weighted by atomic mass is 32.2. The molecule has 0 radical (unpaired) electrons. The summed E-state index contributed by atoms with van der Waals surface area (Å²) in [6.45, 7) is 4.79. The van der Waals surface area contributed by atoms with Gasteiger partial charge in [-0.25, -0.2) is 8.42 Å². The van der Waals surface area contributed by atoms with Crippen LogP contribution in [-0.2, 0) is 21.1 Å². The molecule has 0 aliphatic carbocycles. The second-order valence-corrected chi connectivity index (χ2v) is 8.18. The van der Waals surface area contributed by atoms with Gasteiger partial charge >= 0.3 is 0 Å². The van der Waals surface area contributed by atoms with Crippen LogP contribution in [0.3, 0.4) is 0 Å². The molecule has 5 nitrogen and oxygen atoms in total. The van der Waals surface area contributed by atoms with Crippen molar-refractivity contribution >= 4 is 15.7 Å². The molecule has 128 valence electrons. The number of benzene rings is 1. The molecule has 1 fully saturated rings. The molecule has 0 atom stereocenters. The zero-order chi connectivity index (χ0) is 16.9. The van der Waals surface area contributed by atoms with Gasteiger partial charge in [0.25, 0.3) is 0 Å². The Morgan fingerprint density at radius 1 is 1.22 bits per heavy atom. The predicted octanol–water partition coefficient (Wildman–Crippen LogP) is 1.62. The Bertz CT molecular complexity index is 620. The van der Waals surface area contributed by atoms with E-state index in [1.54, 1.807) is 24.3 Å². The van der Waals surface area contributed by atoms with Crippen LogP contribution in [0.5, 0.6) is 0 Å². The van der Waals surface area contributed by atoms with Gasteiger partial charge < -0.3 is 10.2 Å². The van der Waals surface area contributed by atoms with Gasteiger partial charge in [0.05, 0.1) is 11.3 Å². The first kappa shape index (κ1) is 17.9. The standard InChI is InChI=1S/C17H26N2O3S/c1-3-12-19(15-8-10-18-11-9-15)17(20)13-14-4-6-16(7-5-14)23(2,21)22/h4-7,15,18H,3,8-13H2,1-2H3. The lowest BCUT2D eigenvalue weighted by atomic mass is 10.0. The van der Waals surface area contributed by atoms with Gasteiger partial charge in [0.15, 0.2) is 9.84 Å². The van der Waals surface area contributed by atoms with Crippen molar-refractivity contribution in [1.82, 2.24) is 10.2 Å². The molecule has 0 aromatic heterocycles. The average molecular weight is 338 g/mol. The van der Waals surface area contributed by atoms with E-state index in [9.17, 15) is 13.2 Å². The number of nitrogens with zero attached hydrogens (tertiary/aromatic N) is 1. The van der Waals surface area contributed by atoms with E-state index in [1.807, 2.05) is 4.90 Å². The molecule has 2 rings (SSSR count). The lowest BCUT2D eigenvalue weighted by Gasteiger charge is -2.34. The summed E-state index contributed by atoms with van der Waals surface area (Å²) in [5.74, 6) is 0.130. The number of sulfone groups is 1. The average Bonchev–Trinajstić information content (AvgIpc) is 2.53. The SMILES string of the molecule is CCCN(C(=O)Cc1ccc(S(C)(=O)=O)cc1)C1CCNCC1. The zero-order valence-corrected chi connectivity index (χ0v) is 14.7. The molecule has 6 heteroatoms. The molecule has 0 saturated carbocycles. The molecule has 23 heavy (non-hydrogen) atoms. The number of nitrogens with one attached hydrogen (secondary N) is 1. The first-order valence-electron chi connectivity index (χ1n) is 8.21. The number of hydrogen-bond donors (Lipinski definition) is 1. The fourth-order valence-corrected chi connectivity index (χ4v) is 3.63. The Morgan fingerprint density at radius 2 is 1.83 bits per heavy atom. The smallest absolute Gasteiger partial charge is 0.227 e. The van der Waals surface area contributed by atoms with Crippen molar-refractivity contribution in [2.75, 3.05) is 25.9 Å². The summed E-state index contributed by atoms with van der Waals surface area (Å²) in [5.41, 5.74) is 0.859. The Morgan fingerprint density at radius 3 is 2.35 bits per heavy atom. The summed E-state index contributed by atoms with van der Waals surface area (Å²) < 4.78 is 23.0. The Balaban J connectivity index is 2.05. The van der Waals surface area contributed by atoms with Gasteiger partial charge in [-0.2, -0.15) is 0 Å². The number of hydrogen-bond acceptors (Lipinski definition) is 4. The maximum Gasteiger partial charge on any atom is 0.227 e. The summed E-state index contributed by atoms with van der Waals surface area (Å²) in [4.78, 5) is 15.0. The number of rotatable bonds is 6. The molecule has 1 aromatic carbocycles. The minimum atomic E-state index is -3.19. The minimum absolute atomic E-state index is 0.130. The summed E-state index contributed by atoms with van der Waals surface area (Å²) in [7, 11) is -3.19. The molecule has 0 spiro atoms. The molecule has 1 saturated heterocycles. The maximum absolute atomic E-state index is 12.7. The van der Waals surface area contributed by atoms with Crippen molar-refractivity contribution < 1.29 is 13.2 Å². The fraction of sp³-hybridized carbons (Fsp3) is 0.588. The van der Waals surface area contributed by atoms with Gasteiger partial charge in [-0.15, -0.1) is 0 Å². The lowest BCUT2D eigenvalue weighted by Crippen LogP contribution is -2.47. The Hall–Kier alpha value is -1.40. The number of carbonyl (C=O) groups excluding carboxylic acids is 1. The third-order valence-electron chi connectivity index (χ3n) is 4.24. The van der Waals surface area contributed by atoms with E-state index in [2.05, 4.69) is 12.2 Å². The van der Waals surface area contributed by atoms with Crippen molar-refractivity contribution in [1.29, 1.82) is 0 Å². The van der Waals surface area contributed by atoms with E-state index in [-0.39, 0.29) is 10.8 Å². The topological polar surface area (TPSA) is 66.5 Å². The van der Waals surface area contributed by atoms with Crippen LogP contribution in [0.1, 0.15) is 31.7 Å². The highest BCUT2D eigenvalue weighted by Gasteiger charge is 2.24. The molecular formula is C17H26N2O3S. The third kappa shape index (κ3) is 5.04. The summed E-state index contributed by atoms with van der Waals surface area (Å²) in [6, 6.07) is 6.94. The largest absolute Gasteiger partial charge is 0.339 e. The molecular weight excluding hydrogens is 312 g/mol. The predicted molar refractivity (Wildman–Crippen MR) is 91.2 cm³/mol. The number of carbonyl (C=O) groups is 1. The van der Waals surface area contributed by atoms with Gasteiger partial charge in [-0.05, 0) is 50.0 Å². The van der Waals surface area contributed by atoms with Crippen LogP contribution in [0.4, 0.5) is 0 Å². The molecule has 1 aliphatic heterocycles. The second kappa shape index (κ2) is 7.93. The summed E-state index contributed by atoms with van der Waals surface area (Å²) in [5, 5.41) is 3.33. The maximum atomic E-state index is 12.7. The van der Waals surface area contributed by atoms with Crippen LogP contribution in [0.25, 0.3) is 0 Å². The van der Waals surface area contributed by atoms with Crippen molar-refractivity contribution in [3.8, 4) is 0 Å². The van der Waals surface area contributed by atoms with E-state index in [0.29, 0.717) is 12.5 Å². The van der Waals surface area contributed by atoms with Crippen LogP contribution >= 0.6 is 0 Å². The molecule has 0 bridgehead atoms. The van der Waals surface area contributed by atoms with Crippen LogP contribution in [-0.4, -0.2) is 51.2 Å². The van der Waals surface area contributed by atoms with Gasteiger partial charge in [-0.1, -0.05) is 19.1 Å². The molecule has 0 unspecified atom stereocenters. The summed E-state index contributed by atoms with van der Waals surface area (Å²) >= 11 is 0. The van der Waals surface area contributed by atoms with Gasteiger partial charge in [0.2, 0.25) is 5.91 Å². The van der Waals surface area contributed by atoms with Crippen LogP contribution in [0.2, 0.25) is 0 Å². The van der Waals surface area contributed by atoms with E-state index >= 15 is 0 Å². The highest BCUT2D eigenvalue weighted by Crippen LogP contribution is 2.16. The lowest BCUT2D eigenvalue weighted by molar-refractivity contribution is -0.133. The number of piperidine rings is 1. The molecule has 1 aliphatic rings. The second-order valence-electron chi connectivity index (χ2n) is 6.16. The van der Waals surface area contributed by atoms with Gasteiger partial charge in [0, 0.05) is 18.8 Å². The Labute approximate surface area is 139 Å². The first-order chi connectivity index (χ1) is 10.9. The van der Waals surface area contributed by atoms with E-state index in [1.165, 1.54) is 6.26 Å². The molecule has 1 N–H and O–H groups in total. The fourth-order valence-electron chi connectivity index (χ4n) is 3.00. The quantitative estimate of drug-likeness (QED) is 0.856. The Kier molecular flexibility index (Phi) is 6.18. The minimum Gasteiger partial charge on any atom is -0.339 e. The first-order valence-corrected chi connectivity index (χ1v) is 10.1. The van der Waals surface area contributed by atoms with Gasteiger partial charge in [0.1, 0.15) is 0 Å². The van der Waals surface area contributed by atoms with Crippen LogP contribution in [0.15, 0.2) is 29.2 Å². The monoisotopic (exact) mass is 338 g/mol. The van der Waals surface area contributed by atoms with Crippen molar-refractivity contribution in [3.05, 3.63) is 29.8 Å². The van der Waals surface area contributed by atoms with E-state index in [4.69, 9.17) is 0 Å². The third-order valence-corrected chi connectivity index (χ3v) is 5.37. The van der Waals surface area contributed by atoms with Crippen molar-refractivity contribution in [3.63, 3.8) is 0 Å². The van der Waals surface area contributed by atoms with Crippen LogP contribution in [0, 0.1) is 0 Å². The van der Waals surface area contributed by atoms with Crippen LogP contribution < -0.4 is 5.32 Å². The molecule has 1 amide bonds. The van der Waals surface area contributed by atoms with E-state index < -0.39 is 9.84 Å². The van der Waals surface area contributed by atoms with Crippen molar-refractivity contribution in [2.24, 2.45) is 0 Å². The highest BCUT2D eigenvalue weighted by molar-refractivity contribution is 7.90. The van der Waals surface area contributed by atoms with Gasteiger partial charge in [-0.3, -0.25) is 4.79 Å². The zero-order valence-electron chi connectivity index (χ0n) is 13.9. The molecule has 1 aromatic rings. The number of amides is 1. The summed E-state index contributed by atoms with van der Waals surface area (Å²) in [6.07, 6.45) is 4.46. The van der Waals surface area contributed by atoms with E-state index in [0.717, 1.165) is 44.5 Å². The molecule has 1 heterocycles. The normalized spacial score (nSPS) is 16.3. The van der Waals surface area contributed by atoms with Crippen molar-refractivity contribution in [2.45, 2.75) is 43.5 Å².